The molecule has 29 heavy (non-hydrogen) atoms. The highest BCUT2D eigenvalue weighted by atomic mass is 16.2. The fourth-order valence-electron chi connectivity index (χ4n) is 4.14. The Kier molecular flexibility index (Phi) is 5.22. The Bertz CT molecular complexity index is 1050. The zero-order chi connectivity index (χ0) is 20.4. The molecule has 0 heterocycles. The van der Waals surface area contributed by atoms with E-state index >= 15 is 0 Å². The minimum Gasteiger partial charge on any atom is -0.294 e. The predicted octanol–water partition coefficient (Wildman–Crippen LogP) is 5.30. The molecule has 1 aliphatic rings. The van der Waals surface area contributed by atoms with Crippen LogP contribution in [0.15, 0.2) is 78.9 Å². The molecule has 1 aliphatic carbocycles. The minimum atomic E-state index is -0.854. The lowest BCUT2D eigenvalue weighted by Crippen LogP contribution is -2.26. The normalized spacial score (nSPS) is 14.7. The number of ketones is 3. The number of Topliss-reactive ketones (excluding diaryl/α,β-unsaturated/α-hetero) is 3. The highest BCUT2D eigenvalue weighted by molar-refractivity contribution is 6.27. The Balaban J connectivity index is 1.71. The highest BCUT2D eigenvalue weighted by Crippen LogP contribution is 2.39. The molecule has 3 heteroatoms. The van der Waals surface area contributed by atoms with E-state index in [1.165, 1.54) is 0 Å². The third-order valence-electron chi connectivity index (χ3n) is 5.72. The van der Waals surface area contributed by atoms with Crippen LogP contribution in [-0.4, -0.2) is 17.3 Å². The van der Waals surface area contributed by atoms with Gasteiger partial charge in [0.2, 0.25) is 0 Å². The van der Waals surface area contributed by atoms with Gasteiger partial charge in [-0.25, -0.2) is 0 Å². The Morgan fingerprint density at radius 2 is 1.45 bits per heavy atom. The van der Waals surface area contributed by atoms with Crippen LogP contribution in [0.5, 0.6) is 0 Å². The van der Waals surface area contributed by atoms with E-state index in [-0.39, 0.29) is 23.8 Å². The second-order valence-corrected chi connectivity index (χ2v) is 7.45. The van der Waals surface area contributed by atoms with Crippen molar-refractivity contribution in [1.29, 1.82) is 0 Å². The van der Waals surface area contributed by atoms with Crippen molar-refractivity contribution >= 4 is 17.3 Å². The zero-order valence-electron chi connectivity index (χ0n) is 16.3. The van der Waals surface area contributed by atoms with Crippen LogP contribution in [0.1, 0.15) is 61.5 Å². The van der Waals surface area contributed by atoms with Gasteiger partial charge in [0.05, 0.1) is 5.92 Å². The Labute approximate surface area is 170 Å². The monoisotopic (exact) mass is 382 g/mol. The van der Waals surface area contributed by atoms with E-state index in [2.05, 4.69) is 0 Å². The zero-order valence-corrected chi connectivity index (χ0v) is 16.3. The number of carbonyl (C=O) groups is 3. The standard InChI is InChI=1S/C26H22O3/c1-2-17-9-8-12-19(15-17)23(27)16-22(18-10-4-3-5-11-18)24-25(28)20-13-6-7-14-21(20)26(24)29/h3-15,22,24H,2,16H2,1H3/t22-/m1/s1. The highest BCUT2D eigenvalue weighted by Gasteiger charge is 2.44. The third-order valence-corrected chi connectivity index (χ3v) is 5.72. The molecule has 3 nitrogen and oxygen atoms in total. The van der Waals surface area contributed by atoms with Gasteiger partial charge in [-0.15, -0.1) is 0 Å². The molecule has 144 valence electrons. The first-order chi connectivity index (χ1) is 14.1. The van der Waals surface area contributed by atoms with Gasteiger partial charge < -0.3 is 0 Å². The van der Waals surface area contributed by atoms with E-state index in [1.54, 1.807) is 30.3 Å². The Hall–Kier alpha value is -3.33. The molecule has 0 radical (unpaired) electrons. The fourth-order valence-corrected chi connectivity index (χ4v) is 4.14. The maximum absolute atomic E-state index is 13.1. The molecule has 0 N–H and O–H groups in total. The summed E-state index contributed by atoms with van der Waals surface area (Å²) < 4.78 is 0. The minimum absolute atomic E-state index is 0.0503. The van der Waals surface area contributed by atoms with E-state index in [9.17, 15) is 14.4 Å². The van der Waals surface area contributed by atoms with Crippen molar-refractivity contribution in [2.75, 3.05) is 0 Å². The average molecular weight is 382 g/mol. The summed E-state index contributed by atoms with van der Waals surface area (Å²) in [6.45, 7) is 2.05. The maximum atomic E-state index is 13.1. The van der Waals surface area contributed by atoms with Gasteiger partial charge in [0.1, 0.15) is 0 Å². The summed E-state index contributed by atoms with van der Waals surface area (Å²) in [5.41, 5.74) is 3.48. The number of aryl methyl sites for hydroxylation is 1. The molecule has 1 atom stereocenters. The maximum Gasteiger partial charge on any atom is 0.175 e. The van der Waals surface area contributed by atoms with E-state index < -0.39 is 11.8 Å². The van der Waals surface area contributed by atoms with Gasteiger partial charge in [-0.05, 0) is 23.6 Å². The molecule has 0 amide bonds. The second-order valence-electron chi connectivity index (χ2n) is 7.45. The topological polar surface area (TPSA) is 51.2 Å². The SMILES string of the molecule is CCc1cccc(C(=O)C[C@H](c2ccccc2)C2C(=O)c3ccccc3C2=O)c1. The Morgan fingerprint density at radius 1 is 0.828 bits per heavy atom. The average Bonchev–Trinajstić information content (AvgIpc) is 3.03. The van der Waals surface area contributed by atoms with E-state index in [4.69, 9.17) is 0 Å². The molecule has 0 unspecified atom stereocenters. The number of benzene rings is 3. The lowest BCUT2D eigenvalue weighted by atomic mass is 9.79. The predicted molar refractivity (Wildman–Crippen MR) is 113 cm³/mol. The van der Waals surface area contributed by atoms with Gasteiger partial charge >= 0.3 is 0 Å². The quantitative estimate of drug-likeness (QED) is 0.429. The lowest BCUT2D eigenvalue weighted by Gasteiger charge is -2.21. The molecular formula is C26H22O3. The molecule has 0 spiro atoms. The first-order valence-electron chi connectivity index (χ1n) is 9.94. The largest absolute Gasteiger partial charge is 0.294 e. The van der Waals surface area contributed by atoms with Crippen molar-refractivity contribution < 1.29 is 14.4 Å². The van der Waals surface area contributed by atoms with Gasteiger partial charge in [0, 0.05) is 29.0 Å². The lowest BCUT2D eigenvalue weighted by molar-refractivity contribution is 0.0802. The van der Waals surface area contributed by atoms with Gasteiger partial charge in [0.15, 0.2) is 17.3 Å². The van der Waals surface area contributed by atoms with Crippen LogP contribution in [0.4, 0.5) is 0 Å². The number of fused-ring (bicyclic) bond motifs is 1. The molecule has 3 aromatic carbocycles. The smallest absolute Gasteiger partial charge is 0.175 e. The van der Waals surface area contributed by atoms with Crippen molar-refractivity contribution in [1.82, 2.24) is 0 Å². The summed E-state index contributed by atoms with van der Waals surface area (Å²) in [5.74, 6) is -1.76. The number of rotatable bonds is 6. The summed E-state index contributed by atoms with van der Waals surface area (Å²) in [6, 6.07) is 23.9. The van der Waals surface area contributed by atoms with E-state index in [0.717, 1.165) is 17.5 Å². The van der Waals surface area contributed by atoms with Crippen LogP contribution in [0.2, 0.25) is 0 Å². The first kappa shape index (κ1) is 19.0. The number of hydrogen-bond donors (Lipinski definition) is 0. The second kappa shape index (κ2) is 7.96. The van der Waals surface area contributed by atoms with Gasteiger partial charge in [-0.3, -0.25) is 14.4 Å². The summed E-state index contributed by atoms with van der Waals surface area (Å²) >= 11 is 0. The van der Waals surface area contributed by atoms with Gasteiger partial charge in [0.25, 0.3) is 0 Å². The summed E-state index contributed by atoms with van der Waals surface area (Å²) in [4.78, 5) is 39.3. The Morgan fingerprint density at radius 3 is 2.07 bits per heavy atom. The van der Waals surface area contributed by atoms with Crippen LogP contribution >= 0.6 is 0 Å². The molecule has 4 rings (SSSR count). The van der Waals surface area contributed by atoms with Crippen molar-refractivity contribution in [3.05, 3.63) is 107 Å². The molecule has 0 bridgehead atoms. The van der Waals surface area contributed by atoms with Crippen LogP contribution in [0.25, 0.3) is 0 Å². The van der Waals surface area contributed by atoms with Crippen LogP contribution in [-0.2, 0) is 6.42 Å². The molecule has 0 aromatic heterocycles. The summed E-state index contributed by atoms with van der Waals surface area (Å²) in [6.07, 6.45) is 0.964. The van der Waals surface area contributed by atoms with Crippen molar-refractivity contribution in [3.8, 4) is 0 Å². The van der Waals surface area contributed by atoms with E-state index in [0.29, 0.717) is 16.7 Å². The first-order valence-corrected chi connectivity index (χ1v) is 9.94. The van der Waals surface area contributed by atoms with Crippen LogP contribution in [0.3, 0.4) is 0 Å². The molecule has 0 fully saturated rings. The number of hydrogen-bond acceptors (Lipinski definition) is 3. The summed E-state index contributed by atoms with van der Waals surface area (Å²) in [7, 11) is 0. The van der Waals surface area contributed by atoms with E-state index in [1.807, 2.05) is 55.5 Å². The number of carbonyl (C=O) groups excluding carboxylic acids is 3. The van der Waals surface area contributed by atoms with Crippen molar-refractivity contribution in [2.24, 2.45) is 5.92 Å². The molecule has 0 saturated carbocycles. The van der Waals surface area contributed by atoms with Crippen LogP contribution in [0, 0.1) is 5.92 Å². The van der Waals surface area contributed by atoms with Crippen molar-refractivity contribution in [2.45, 2.75) is 25.7 Å². The molecule has 3 aromatic rings. The third kappa shape index (κ3) is 3.56. The van der Waals surface area contributed by atoms with Crippen molar-refractivity contribution in [3.63, 3.8) is 0 Å². The van der Waals surface area contributed by atoms with Crippen LogP contribution < -0.4 is 0 Å². The molecular weight excluding hydrogens is 360 g/mol. The summed E-state index contributed by atoms with van der Waals surface area (Å²) in [5, 5.41) is 0. The molecule has 0 aliphatic heterocycles. The van der Waals surface area contributed by atoms with Gasteiger partial charge in [-0.2, -0.15) is 0 Å². The molecule has 0 saturated heterocycles. The van der Waals surface area contributed by atoms with Gasteiger partial charge in [-0.1, -0.05) is 79.7 Å². The fraction of sp³-hybridized carbons (Fsp3) is 0.192.